The van der Waals surface area contributed by atoms with Crippen LogP contribution in [0.2, 0.25) is 0 Å². The molecule has 0 aliphatic rings. The summed E-state index contributed by atoms with van der Waals surface area (Å²) in [6.07, 6.45) is -5.00. The zero-order valence-corrected chi connectivity index (χ0v) is 11.1. The Morgan fingerprint density at radius 2 is 1.56 bits per heavy atom. The van der Waals surface area contributed by atoms with Crippen molar-refractivity contribution >= 4 is 12.4 Å². The predicted molar refractivity (Wildman–Crippen MR) is 41.8 cm³/mol. The number of hydrogen-bond donors (Lipinski definition) is 1. The molecular weight excluding hydrogens is 264 g/mol. The molecule has 0 bridgehead atoms. The number of halogens is 6. The quantitative estimate of drug-likeness (QED) is 0.536. The van der Waals surface area contributed by atoms with E-state index in [9.17, 15) is 26.1 Å². The molecule has 1 N–H and O–H groups in total. The number of aromatic hydroxyl groups is 1. The summed E-state index contributed by atoms with van der Waals surface area (Å²) >= 11 is 0. The van der Waals surface area contributed by atoms with Crippen molar-refractivity contribution in [3.63, 3.8) is 0 Å². The third-order valence-electron chi connectivity index (χ3n) is 1.73. The minimum atomic E-state index is -5.65. The molecule has 0 aliphatic heterocycles. The summed E-state index contributed by atoms with van der Waals surface area (Å²) in [7, 11) is 0. The molecule has 1 nitrogen and oxygen atoms in total. The van der Waals surface area contributed by atoms with Crippen LogP contribution in [0, 0.1) is 0 Å². The molecule has 9 heteroatoms. The second kappa shape index (κ2) is 5.30. The molecule has 0 spiro atoms. The number of benzene rings is 1. The van der Waals surface area contributed by atoms with Crippen LogP contribution in [0.15, 0.2) is 18.2 Å². The summed E-state index contributed by atoms with van der Waals surface area (Å²) < 4.78 is 72.7. The van der Waals surface area contributed by atoms with Crippen molar-refractivity contribution in [1.29, 1.82) is 0 Å². The molecule has 16 heavy (non-hydrogen) atoms. The van der Waals surface area contributed by atoms with Gasteiger partial charge in [-0.15, -0.1) is 0 Å². The van der Waals surface area contributed by atoms with Gasteiger partial charge >= 0.3 is 64.5 Å². The van der Waals surface area contributed by atoms with Gasteiger partial charge in [-0.3, -0.25) is 0 Å². The molecule has 0 saturated heterocycles. The van der Waals surface area contributed by atoms with E-state index in [0.717, 1.165) is 0 Å². The fourth-order valence-corrected chi connectivity index (χ4v) is 1.05. The summed E-state index contributed by atoms with van der Waals surface area (Å²) in [6.45, 7) is -5.65. The Hall–Kier alpha value is 0.301. The minimum Gasteiger partial charge on any atom is -0.510 e. The Bertz CT molecular complexity index is 342. The van der Waals surface area contributed by atoms with Crippen LogP contribution in [-0.4, -0.2) is 12.1 Å². The molecule has 0 fully saturated rings. The predicted octanol–water partition coefficient (Wildman–Crippen LogP) is -0.531. The van der Waals surface area contributed by atoms with Crippen molar-refractivity contribution in [3.05, 3.63) is 23.8 Å². The Morgan fingerprint density at radius 1 is 1.06 bits per heavy atom. The van der Waals surface area contributed by atoms with Gasteiger partial charge in [-0.2, -0.15) is 13.2 Å². The normalized spacial score (nSPS) is 12.1. The zero-order chi connectivity index (χ0) is 11.9. The number of alkyl halides is 3. The second-order valence-electron chi connectivity index (χ2n) is 2.82. The molecule has 0 amide bonds. The van der Waals surface area contributed by atoms with Crippen molar-refractivity contribution in [3.8, 4) is 5.75 Å². The van der Waals surface area contributed by atoms with E-state index >= 15 is 0 Å². The van der Waals surface area contributed by atoms with E-state index < -0.39 is 29.9 Å². The van der Waals surface area contributed by atoms with E-state index in [4.69, 9.17) is 5.11 Å². The molecule has 1 aromatic rings. The number of phenols is 1. The zero-order valence-electron chi connectivity index (χ0n) is 8.02. The van der Waals surface area contributed by atoms with Gasteiger partial charge in [0.05, 0.1) is 5.56 Å². The molecule has 1 aromatic carbocycles. The molecule has 0 aromatic heterocycles. The standard InChI is InChI=1S/C7H4BF6O.K/c9-7(10,11)4-2-1-3-5(6(4)15)8(12,13)14;/h1-3,15H;/q-1;+1. The monoisotopic (exact) mass is 268 g/mol. The van der Waals surface area contributed by atoms with Crippen LogP contribution >= 0.6 is 0 Å². The fraction of sp³-hybridized carbons (Fsp3) is 0.143. The summed E-state index contributed by atoms with van der Waals surface area (Å²) in [6, 6.07) is 1.40. The summed E-state index contributed by atoms with van der Waals surface area (Å²) in [5.41, 5.74) is -3.32. The summed E-state index contributed by atoms with van der Waals surface area (Å²) in [5.74, 6) is -1.77. The molecule has 0 atom stereocenters. The SMILES string of the molecule is Oc1c([B-](F)(F)F)cccc1C(F)(F)F.[K+]. The van der Waals surface area contributed by atoms with E-state index in [1.165, 1.54) is 0 Å². The molecule has 0 unspecified atom stereocenters. The average Bonchev–Trinajstić information content (AvgIpc) is 1.99. The van der Waals surface area contributed by atoms with Crippen LogP contribution in [0.1, 0.15) is 5.56 Å². The maximum atomic E-state index is 12.2. The molecule has 0 saturated carbocycles. The summed E-state index contributed by atoms with van der Waals surface area (Å²) in [5, 5.41) is 8.84. The third kappa shape index (κ3) is 3.66. The van der Waals surface area contributed by atoms with Crippen molar-refractivity contribution < 1.29 is 82.6 Å². The van der Waals surface area contributed by atoms with Gasteiger partial charge in [-0.05, 0) is 6.07 Å². The third-order valence-corrected chi connectivity index (χ3v) is 1.73. The Kier molecular flexibility index (Phi) is 5.40. The van der Waals surface area contributed by atoms with Gasteiger partial charge in [0, 0.05) is 0 Å². The van der Waals surface area contributed by atoms with Gasteiger partial charge in [-0.1, -0.05) is 17.6 Å². The fourth-order valence-electron chi connectivity index (χ4n) is 1.05. The number of rotatable bonds is 1. The maximum Gasteiger partial charge on any atom is 1.00 e. The molecule has 0 radical (unpaired) electrons. The van der Waals surface area contributed by atoms with Crippen LogP contribution in [0.25, 0.3) is 0 Å². The number of hydrogen-bond acceptors (Lipinski definition) is 1. The first-order valence-electron chi connectivity index (χ1n) is 3.73. The van der Waals surface area contributed by atoms with E-state index in [-0.39, 0.29) is 51.4 Å². The largest absolute Gasteiger partial charge is 1.00 e. The molecule has 0 heterocycles. The van der Waals surface area contributed by atoms with E-state index in [2.05, 4.69) is 0 Å². The molecule has 0 aliphatic carbocycles. The van der Waals surface area contributed by atoms with Crippen LogP contribution in [0.5, 0.6) is 5.75 Å². The van der Waals surface area contributed by atoms with Crippen LogP contribution in [0.4, 0.5) is 26.1 Å². The smallest absolute Gasteiger partial charge is 0.510 e. The minimum absolute atomic E-state index is 0. The van der Waals surface area contributed by atoms with Gasteiger partial charge < -0.3 is 18.1 Å². The van der Waals surface area contributed by atoms with Crippen LogP contribution < -0.4 is 56.8 Å². The average molecular weight is 268 g/mol. The first-order chi connectivity index (χ1) is 6.64. The Balaban J connectivity index is 0.00000225. The second-order valence-corrected chi connectivity index (χ2v) is 2.82. The maximum absolute atomic E-state index is 12.2. The number of phenolic OH excluding ortho intramolecular Hbond substituents is 1. The van der Waals surface area contributed by atoms with E-state index in [1.807, 2.05) is 0 Å². The van der Waals surface area contributed by atoms with Gasteiger partial charge in [-0.25, -0.2) is 0 Å². The number of para-hydroxylation sites is 1. The Labute approximate surface area is 129 Å². The van der Waals surface area contributed by atoms with Gasteiger partial charge in [0.2, 0.25) is 0 Å². The van der Waals surface area contributed by atoms with E-state index in [0.29, 0.717) is 18.2 Å². The summed E-state index contributed by atoms with van der Waals surface area (Å²) in [4.78, 5) is 0. The van der Waals surface area contributed by atoms with Gasteiger partial charge in [0.25, 0.3) is 0 Å². The van der Waals surface area contributed by atoms with Crippen LogP contribution in [0.3, 0.4) is 0 Å². The first kappa shape index (κ1) is 16.3. The van der Waals surface area contributed by atoms with Crippen molar-refractivity contribution in [2.75, 3.05) is 0 Å². The topological polar surface area (TPSA) is 20.2 Å². The van der Waals surface area contributed by atoms with Crippen molar-refractivity contribution in [2.24, 2.45) is 0 Å². The van der Waals surface area contributed by atoms with Crippen molar-refractivity contribution in [2.45, 2.75) is 6.18 Å². The van der Waals surface area contributed by atoms with Gasteiger partial charge in [0.15, 0.2) is 0 Å². The van der Waals surface area contributed by atoms with Crippen LogP contribution in [-0.2, 0) is 6.18 Å². The molecular formula is C7H4BF6KO. The van der Waals surface area contributed by atoms with Crippen molar-refractivity contribution in [1.82, 2.24) is 0 Å². The first-order valence-corrected chi connectivity index (χ1v) is 3.73. The molecule has 1 rings (SSSR count). The Morgan fingerprint density at radius 3 is 1.94 bits per heavy atom. The molecule has 84 valence electrons. The van der Waals surface area contributed by atoms with Gasteiger partial charge in [0.1, 0.15) is 5.75 Å². The van der Waals surface area contributed by atoms with E-state index in [1.54, 1.807) is 0 Å².